The molecule has 2 aliphatic carbocycles. The van der Waals surface area contributed by atoms with Crippen LogP contribution in [0, 0.1) is 12.8 Å². The molecule has 0 aliphatic heterocycles. The Hall–Kier alpha value is -3.62. The normalized spacial score (nSPS) is 16.0. The summed E-state index contributed by atoms with van der Waals surface area (Å²) in [5, 5.41) is 13.4. The van der Waals surface area contributed by atoms with Gasteiger partial charge < -0.3 is 24.8 Å². The van der Waals surface area contributed by atoms with Crippen molar-refractivity contribution in [1.29, 1.82) is 0 Å². The van der Waals surface area contributed by atoms with E-state index < -0.39 is 17.4 Å². The smallest absolute Gasteiger partial charge is 0.329 e. The molecule has 2 aromatic carbocycles. The number of benzene rings is 2. The third-order valence-electron chi connectivity index (χ3n) is 8.49. The first-order valence-corrected chi connectivity index (χ1v) is 15.9. The second-order valence-corrected chi connectivity index (χ2v) is 12.8. The van der Waals surface area contributed by atoms with Crippen LogP contribution in [0.3, 0.4) is 0 Å². The van der Waals surface area contributed by atoms with Crippen LogP contribution in [0.5, 0.6) is 11.5 Å². The molecule has 3 aromatic rings. The average molecular weight is 620 g/mol. The third kappa shape index (κ3) is 7.71. The minimum Gasteiger partial charge on any atom is -0.493 e. The first-order valence-electron chi connectivity index (χ1n) is 15.5. The first-order chi connectivity index (χ1) is 21.1. The molecule has 1 aromatic heterocycles. The maximum atomic E-state index is 13.6. The summed E-state index contributed by atoms with van der Waals surface area (Å²) in [7, 11) is 4.04. The van der Waals surface area contributed by atoms with Crippen molar-refractivity contribution in [3.05, 3.63) is 64.8 Å². The van der Waals surface area contributed by atoms with Crippen LogP contribution in [0.15, 0.2) is 48.5 Å². The molecule has 0 unspecified atom stereocenters. The highest BCUT2D eigenvalue weighted by atomic mass is 35.5. The van der Waals surface area contributed by atoms with Crippen molar-refractivity contribution in [2.45, 2.75) is 63.8 Å². The topological polar surface area (TPSA) is 101 Å². The number of nitrogens with zero attached hydrogens (tertiary/aromatic N) is 2. The predicted molar refractivity (Wildman–Crippen MR) is 173 cm³/mol. The van der Waals surface area contributed by atoms with Crippen LogP contribution < -0.4 is 14.8 Å². The third-order valence-corrected chi connectivity index (χ3v) is 8.80. The fraction of sp³-hybridized carbons (Fsp3) is 0.457. The average Bonchev–Trinajstić information content (AvgIpc) is 3.84. The van der Waals surface area contributed by atoms with Gasteiger partial charge in [-0.2, -0.15) is 0 Å². The second-order valence-electron chi connectivity index (χ2n) is 12.4. The van der Waals surface area contributed by atoms with E-state index >= 15 is 0 Å². The maximum Gasteiger partial charge on any atom is 0.329 e. The van der Waals surface area contributed by atoms with Gasteiger partial charge in [-0.15, -0.1) is 0 Å². The summed E-state index contributed by atoms with van der Waals surface area (Å²) in [5.74, 6) is 0.435. The second kappa shape index (κ2) is 14.0. The minimum atomic E-state index is -1.28. The first kappa shape index (κ1) is 31.8. The summed E-state index contributed by atoms with van der Waals surface area (Å²) >= 11 is 6.54. The number of carboxylic acid groups (broad SMARTS) is 1. The number of ether oxygens (including phenoxy) is 2. The summed E-state index contributed by atoms with van der Waals surface area (Å²) in [5.41, 5.74) is 2.96. The zero-order valence-electron chi connectivity index (χ0n) is 25.8. The summed E-state index contributed by atoms with van der Waals surface area (Å²) in [6.45, 7) is 4.12. The highest BCUT2D eigenvalue weighted by Gasteiger charge is 2.41. The molecule has 44 heavy (non-hydrogen) atoms. The van der Waals surface area contributed by atoms with E-state index in [0.717, 1.165) is 60.2 Å². The molecule has 0 bridgehead atoms. The van der Waals surface area contributed by atoms with Gasteiger partial charge in [0.25, 0.3) is 5.91 Å². The Morgan fingerprint density at radius 2 is 1.80 bits per heavy atom. The number of carbonyl (C=O) groups is 2. The molecule has 8 nitrogen and oxygen atoms in total. The SMILES string of the molecule is Cc1ccc(OCC2CC2)cc1-c1ccc(C(=O)NC2(C(=O)O)CCCCC2)nc1-c1ccc(Cl)c(OCCCN(C)C)c1. The van der Waals surface area contributed by atoms with Crippen LogP contribution >= 0.6 is 11.6 Å². The van der Waals surface area contributed by atoms with E-state index in [-0.39, 0.29) is 5.69 Å². The highest BCUT2D eigenvalue weighted by Crippen LogP contribution is 2.39. The van der Waals surface area contributed by atoms with Crippen molar-refractivity contribution in [1.82, 2.24) is 15.2 Å². The van der Waals surface area contributed by atoms with Crippen LogP contribution in [-0.2, 0) is 4.79 Å². The van der Waals surface area contributed by atoms with Crippen molar-refractivity contribution in [2.75, 3.05) is 33.9 Å². The van der Waals surface area contributed by atoms with Gasteiger partial charge >= 0.3 is 5.97 Å². The number of halogens is 1. The Balaban J connectivity index is 1.53. The molecule has 0 spiro atoms. The van der Waals surface area contributed by atoms with Crippen molar-refractivity contribution >= 4 is 23.5 Å². The Morgan fingerprint density at radius 3 is 2.50 bits per heavy atom. The molecule has 5 rings (SSSR count). The van der Waals surface area contributed by atoms with E-state index in [1.54, 1.807) is 12.1 Å². The number of aryl methyl sites for hydroxylation is 1. The summed E-state index contributed by atoms with van der Waals surface area (Å²) in [4.78, 5) is 32.8. The number of nitrogens with one attached hydrogen (secondary N) is 1. The van der Waals surface area contributed by atoms with Crippen LogP contribution in [0.4, 0.5) is 0 Å². The molecule has 0 radical (unpaired) electrons. The number of amides is 1. The van der Waals surface area contributed by atoms with Gasteiger partial charge in [0.2, 0.25) is 0 Å². The van der Waals surface area contributed by atoms with E-state index in [2.05, 4.69) is 10.2 Å². The minimum absolute atomic E-state index is 0.150. The lowest BCUT2D eigenvalue weighted by Gasteiger charge is -2.33. The Kier molecular flexibility index (Phi) is 10.1. The molecule has 9 heteroatoms. The van der Waals surface area contributed by atoms with Crippen LogP contribution in [-0.4, -0.2) is 66.3 Å². The lowest BCUT2D eigenvalue weighted by molar-refractivity contribution is -0.145. The number of rotatable bonds is 13. The zero-order valence-corrected chi connectivity index (χ0v) is 26.6. The molecule has 1 amide bonds. The van der Waals surface area contributed by atoms with Crippen molar-refractivity contribution in [3.63, 3.8) is 0 Å². The quantitative estimate of drug-likeness (QED) is 0.198. The summed E-state index contributed by atoms with van der Waals surface area (Å²) < 4.78 is 12.2. The number of hydrogen-bond acceptors (Lipinski definition) is 6. The summed E-state index contributed by atoms with van der Waals surface area (Å²) in [6, 6.07) is 15.1. The van der Waals surface area contributed by atoms with Crippen LogP contribution in [0.1, 0.15) is 67.4 Å². The maximum absolute atomic E-state index is 13.6. The monoisotopic (exact) mass is 619 g/mol. The van der Waals surface area contributed by atoms with Crippen molar-refractivity contribution in [3.8, 4) is 33.9 Å². The van der Waals surface area contributed by atoms with Gasteiger partial charge in [-0.05, 0) is 107 Å². The molecule has 2 aliphatic rings. The van der Waals surface area contributed by atoms with Gasteiger partial charge in [0.05, 0.1) is 23.9 Å². The predicted octanol–water partition coefficient (Wildman–Crippen LogP) is 7.01. The van der Waals surface area contributed by atoms with E-state index in [1.165, 1.54) is 12.8 Å². The Bertz CT molecular complexity index is 1500. The molecule has 234 valence electrons. The number of aliphatic carboxylic acids is 1. The molecule has 2 saturated carbocycles. The zero-order chi connectivity index (χ0) is 31.3. The molecule has 2 N–H and O–H groups in total. The van der Waals surface area contributed by atoms with E-state index in [0.29, 0.717) is 48.4 Å². The van der Waals surface area contributed by atoms with Crippen LogP contribution in [0.25, 0.3) is 22.4 Å². The number of pyridine rings is 1. The lowest BCUT2D eigenvalue weighted by Crippen LogP contribution is -2.55. The largest absolute Gasteiger partial charge is 0.493 e. The molecule has 2 fully saturated rings. The fourth-order valence-corrected chi connectivity index (χ4v) is 5.83. The Labute approximate surface area is 264 Å². The van der Waals surface area contributed by atoms with Gasteiger partial charge in [0, 0.05) is 17.7 Å². The van der Waals surface area contributed by atoms with E-state index in [1.807, 2.05) is 57.4 Å². The number of hydrogen-bond donors (Lipinski definition) is 2. The van der Waals surface area contributed by atoms with Gasteiger partial charge in [0.15, 0.2) is 0 Å². The van der Waals surface area contributed by atoms with Gasteiger partial charge in [-0.3, -0.25) is 4.79 Å². The van der Waals surface area contributed by atoms with Crippen molar-refractivity contribution < 1.29 is 24.2 Å². The number of carboxylic acids is 1. The molecule has 0 atom stereocenters. The number of carbonyl (C=O) groups excluding carboxylic acids is 1. The molecular formula is C35H42ClN3O5. The lowest BCUT2D eigenvalue weighted by atomic mass is 9.81. The van der Waals surface area contributed by atoms with Crippen LogP contribution in [0.2, 0.25) is 5.02 Å². The van der Waals surface area contributed by atoms with Gasteiger partial charge in [0.1, 0.15) is 22.7 Å². The molecule has 0 saturated heterocycles. The van der Waals surface area contributed by atoms with Crippen molar-refractivity contribution in [2.24, 2.45) is 5.92 Å². The molecule has 1 heterocycles. The van der Waals surface area contributed by atoms with Gasteiger partial charge in [-0.1, -0.05) is 43.0 Å². The molecular weight excluding hydrogens is 578 g/mol. The standard InChI is InChI=1S/C35H42ClN3O5/c1-23-8-12-26(44-22-24-9-10-24)21-28(23)27-13-15-30(33(40)38-35(34(41)42)16-5-4-6-17-35)37-32(27)25-11-14-29(36)31(20-25)43-19-7-18-39(2)3/h8,11-15,20-21,24H,4-7,9-10,16-19,22H2,1-3H3,(H,38,40)(H,41,42). The van der Waals surface area contributed by atoms with Gasteiger partial charge in [-0.25, -0.2) is 9.78 Å². The fourth-order valence-electron chi connectivity index (χ4n) is 5.66. The number of aromatic nitrogens is 1. The highest BCUT2D eigenvalue weighted by molar-refractivity contribution is 6.32. The van der Waals surface area contributed by atoms with E-state index in [4.69, 9.17) is 26.1 Å². The van der Waals surface area contributed by atoms with E-state index in [9.17, 15) is 14.7 Å². The Morgan fingerprint density at radius 1 is 1.02 bits per heavy atom. The summed E-state index contributed by atoms with van der Waals surface area (Å²) in [6.07, 6.45) is 6.52.